The Morgan fingerprint density at radius 3 is 2.03 bits per heavy atom. The van der Waals surface area contributed by atoms with Crippen LogP contribution in [-0.2, 0) is 57.6 Å². The van der Waals surface area contributed by atoms with Crippen LogP contribution in [0.4, 0.5) is 0 Å². The zero-order chi connectivity index (χ0) is 55.8. The van der Waals surface area contributed by atoms with Gasteiger partial charge in [-0.25, -0.2) is 0 Å². The van der Waals surface area contributed by atoms with E-state index in [1.807, 2.05) is 66.7 Å². The Morgan fingerprint density at radius 2 is 1.34 bits per heavy atom. The van der Waals surface area contributed by atoms with Gasteiger partial charge in [-0.05, 0) is 90.7 Å². The number of unbranched alkanes of at least 4 members (excludes halogenated alkanes) is 1. The number of aliphatic hydroxyl groups is 1. The first kappa shape index (κ1) is 59.1. The van der Waals surface area contributed by atoms with E-state index >= 15 is 0 Å². The summed E-state index contributed by atoms with van der Waals surface area (Å²) < 4.78 is 0. The SMILES string of the molecule is CC(C)[C@@H]1NC(=O)[C@@H](CCCCN)NC(=O)[C@H](Cc2c[nH]c3ccccc23)NC(=O)[C@@H](Cc2ccc(O)cc2)NC(=O)[C@H](NC(=O)[C@H](N)Cc2ccc3ccccc3c2)CSSC[C@@H](C(=O)N[C@H](C(N)=O)C(C)O)NC1=O. The minimum absolute atomic E-state index is 0.0501. The molecule has 9 atom stereocenters. The van der Waals surface area contributed by atoms with E-state index in [1.165, 1.54) is 19.1 Å². The second kappa shape index (κ2) is 28.3. The molecule has 0 radical (unpaired) electrons. The number of hydrogen-bond acceptors (Lipinski definition) is 14. The molecule has 0 aliphatic carbocycles. The van der Waals surface area contributed by atoms with Gasteiger partial charge in [0.2, 0.25) is 47.3 Å². The smallest absolute Gasteiger partial charge is 0.244 e. The van der Waals surface area contributed by atoms with Gasteiger partial charge in [0.25, 0.3) is 0 Å². The molecule has 21 nitrogen and oxygen atoms in total. The molecule has 77 heavy (non-hydrogen) atoms. The topological polar surface area (TPSA) is 355 Å². The number of hydrogen-bond donors (Lipinski definition) is 13. The number of aromatic amines is 1. The Hall–Kier alpha value is -7.18. The first-order chi connectivity index (χ1) is 36.8. The lowest BCUT2D eigenvalue weighted by Crippen LogP contribution is -2.62. The number of amides is 8. The number of nitrogens with one attached hydrogen (secondary N) is 8. The number of phenols is 1. The number of rotatable bonds is 17. The fourth-order valence-electron chi connectivity index (χ4n) is 8.71. The monoisotopic (exact) mass is 1100 g/mol. The lowest BCUT2D eigenvalue weighted by molar-refractivity contribution is -0.136. The Labute approximate surface area is 453 Å². The maximum absolute atomic E-state index is 14.9. The quantitative estimate of drug-likeness (QED) is 0.0453. The molecular formula is C54H69N11O10S2. The van der Waals surface area contributed by atoms with E-state index in [0.29, 0.717) is 24.0 Å². The molecule has 5 aromatic rings. The lowest BCUT2D eigenvalue weighted by Gasteiger charge is -2.29. The van der Waals surface area contributed by atoms with Crippen LogP contribution in [-0.4, -0.2) is 135 Å². The van der Waals surface area contributed by atoms with Crippen LogP contribution < -0.4 is 54.4 Å². The Bertz CT molecular complexity index is 2890. The van der Waals surface area contributed by atoms with Gasteiger partial charge in [-0.3, -0.25) is 38.4 Å². The highest BCUT2D eigenvalue weighted by Gasteiger charge is 2.36. The summed E-state index contributed by atoms with van der Waals surface area (Å²) in [5.41, 5.74) is 20.5. The predicted octanol–water partition coefficient (Wildman–Crippen LogP) is 0.822. The molecule has 1 aliphatic rings. The summed E-state index contributed by atoms with van der Waals surface area (Å²) in [5, 5.41) is 42.1. The molecule has 0 saturated carbocycles. The predicted molar refractivity (Wildman–Crippen MR) is 296 cm³/mol. The zero-order valence-electron chi connectivity index (χ0n) is 43.1. The lowest BCUT2D eigenvalue weighted by atomic mass is 10.00. The van der Waals surface area contributed by atoms with Crippen LogP contribution in [0.5, 0.6) is 5.75 Å². The normalized spacial score (nSPS) is 21.6. The van der Waals surface area contributed by atoms with Gasteiger partial charge in [-0.2, -0.15) is 0 Å². The first-order valence-electron chi connectivity index (χ1n) is 25.4. The maximum Gasteiger partial charge on any atom is 0.244 e. The molecule has 1 aliphatic heterocycles. The number of aromatic hydroxyl groups is 1. The van der Waals surface area contributed by atoms with E-state index in [-0.39, 0.29) is 49.5 Å². The fourth-order valence-corrected chi connectivity index (χ4v) is 11.0. The third-order valence-corrected chi connectivity index (χ3v) is 15.5. The summed E-state index contributed by atoms with van der Waals surface area (Å²) in [7, 11) is 2.03. The highest BCUT2D eigenvalue weighted by molar-refractivity contribution is 8.76. The molecule has 2 heterocycles. The van der Waals surface area contributed by atoms with Crippen molar-refractivity contribution in [3.05, 3.63) is 114 Å². The number of H-pyrrole nitrogens is 1. The van der Waals surface area contributed by atoms with Crippen molar-refractivity contribution >= 4 is 90.5 Å². The molecule has 1 saturated heterocycles. The maximum atomic E-state index is 14.9. The number of nitrogens with two attached hydrogens (primary N) is 3. The average molecular weight is 1100 g/mol. The number of aliphatic hydroxyl groups excluding tert-OH is 1. The number of fused-ring (bicyclic) bond motifs is 2. The average Bonchev–Trinajstić information content (AvgIpc) is 3.81. The van der Waals surface area contributed by atoms with E-state index in [9.17, 15) is 48.6 Å². The van der Waals surface area contributed by atoms with Crippen LogP contribution >= 0.6 is 21.6 Å². The van der Waals surface area contributed by atoms with Gasteiger partial charge in [0.05, 0.1) is 12.1 Å². The molecule has 6 rings (SSSR count). The molecule has 4 aromatic carbocycles. The Balaban J connectivity index is 1.39. The van der Waals surface area contributed by atoms with E-state index in [1.54, 1.807) is 32.2 Å². The number of benzene rings is 4. The third kappa shape index (κ3) is 16.9. The molecule has 0 spiro atoms. The highest BCUT2D eigenvalue weighted by Crippen LogP contribution is 2.25. The van der Waals surface area contributed by atoms with Crippen molar-refractivity contribution < 1.29 is 48.6 Å². The number of carbonyl (C=O) groups excluding carboxylic acids is 8. The third-order valence-electron chi connectivity index (χ3n) is 13.1. The van der Waals surface area contributed by atoms with Crippen LogP contribution in [0.1, 0.15) is 56.7 Å². The van der Waals surface area contributed by atoms with Crippen molar-refractivity contribution in [3.8, 4) is 5.75 Å². The van der Waals surface area contributed by atoms with Gasteiger partial charge >= 0.3 is 0 Å². The van der Waals surface area contributed by atoms with Crippen LogP contribution in [0.2, 0.25) is 0 Å². The van der Waals surface area contributed by atoms with E-state index in [4.69, 9.17) is 17.2 Å². The highest BCUT2D eigenvalue weighted by atomic mass is 33.1. The van der Waals surface area contributed by atoms with Crippen molar-refractivity contribution in [1.29, 1.82) is 0 Å². The number of aromatic nitrogens is 1. The Morgan fingerprint density at radius 1 is 0.714 bits per heavy atom. The van der Waals surface area contributed by atoms with Crippen molar-refractivity contribution in [1.82, 2.24) is 42.2 Å². The number of carbonyl (C=O) groups is 8. The molecule has 0 bridgehead atoms. The van der Waals surface area contributed by atoms with Crippen molar-refractivity contribution in [2.45, 2.75) is 114 Å². The van der Waals surface area contributed by atoms with E-state index in [2.05, 4.69) is 42.2 Å². The second-order valence-electron chi connectivity index (χ2n) is 19.4. The zero-order valence-corrected chi connectivity index (χ0v) is 44.7. The molecule has 1 aromatic heterocycles. The van der Waals surface area contributed by atoms with Gasteiger partial charge in [0, 0.05) is 41.4 Å². The second-order valence-corrected chi connectivity index (χ2v) is 22.0. The van der Waals surface area contributed by atoms with E-state index in [0.717, 1.165) is 48.8 Å². The van der Waals surface area contributed by atoms with Crippen LogP contribution in [0.25, 0.3) is 21.7 Å². The Kier molecular flexibility index (Phi) is 21.7. The van der Waals surface area contributed by atoms with Gasteiger partial charge in [-0.1, -0.05) is 108 Å². The number of primary amides is 1. The molecule has 8 amide bonds. The summed E-state index contributed by atoms with van der Waals surface area (Å²) in [4.78, 5) is 116. The first-order valence-corrected chi connectivity index (χ1v) is 27.9. The summed E-state index contributed by atoms with van der Waals surface area (Å²) in [6, 6.07) is 15.8. The molecule has 16 N–H and O–H groups in total. The van der Waals surface area contributed by atoms with Crippen LogP contribution in [0.3, 0.4) is 0 Å². The van der Waals surface area contributed by atoms with Crippen molar-refractivity contribution in [2.75, 3.05) is 18.1 Å². The fraction of sp³-hybridized carbons (Fsp3) is 0.407. The molecule has 412 valence electrons. The molecule has 1 fully saturated rings. The standard InChI is InChI=1S/C54H69N11O10S2/c1-29(2)45-54(75)63-44(53(74)65-46(30(3)66)47(57)68)28-77-76-27-43(62-48(69)38(56)23-32-15-18-33-10-4-5-11-34(33)22-32)52(73)60-41(24-31-16-19-36(67)20-17-31)50(71)61-42(25-35-26-58-39-13-7-6-12-37(35)39)51(72)59-40(49(70)64-45)14-8-9-21-55/h4-7,10-13,15-20,22,26,29-30,38,40-46,58,66-67H,8-9,14,21,23-25,27-28,55-56H2,1-3H3,(H2,57,68)(H,59,72)(H,60,73)(H,61,71)(H,62,69)(H,63,75)(H,64,70)(H,65,74)/t30?,38-,40-,41-,42+,43-,44+,45+,46+/m1/s1. The summed E-state index contributed by atoms with van der Waals surface area (Å²) in [5.74, 6) is -7.66. The van der Waals surface area contributed by atoms with Gasteiger partial charge in [0.15, 0.2) is 0 Å². The molecule has 23 heteroatoms. The summed E-state index contributed by atoms with van der Waals surface area (Å²) in [6.07, 6.45) is 1.05. The van der Waals surface area contributed by atoms with Crippen molar-refractivity contribution in [2.24, 2.45) is 23.1 Å². The minimum atomic E-state index is -1.55. The van der Waals surface area contributed by atoms with Crippen LogP contribution in [0.15, 0.2) is 97.2 Å². The van der Waals surface area contributed by atoms with Gasteiger partial charge in [0.1, 0.15) is 48.0 Å². The summed E-state index contributed by atoms with van der Waals surface area (Å²) >= 11 is 0. The van der Waals surface area contributed by atoms with Crippen LogP contribution in [0, 0.1) is 5.92 Å². The summed E-state index contributed by atoms with van der Waals surface area (Å²) in [6.45, 7) is 4.85. The van der Waals surface area contributed by atoms with Gasteiger partial charge in [-0.15, -0.1) is 0 Å². The number of para-hydroxylation sites is 1. The number of phenolic OH excluding ortho intramolecular Hbond substituents is 1. The largest absolute Gasteiger partial charge is 0.508 e. The molecular weight excluding hydrogens is 1030 g/mol. The van der Waals surface area contributed by atoms with E-state index < -0.39 is 108 Å². The van der Waals surface area contributed by atoms with Crippen molar-refractivity contribution in [3.63, 3.8) is 0 Å². The molecule has 1 unspecified atom stereocenters. The minimum Gasteiger partial charge on any atom is -0.508 e. The van der Waals surface area contributed by atoms with Gasteiger partial charge < -0.3 is 69.6 Å².